The molecule has 3 heteroatoms. The largest absolute Gasteiger partial charge is 0.396 e. The SMILES string of the molecule is CC1(C)CCN(c2ccc3ncccc3c2N)CC1. The number of hydrogen-bond acceptors (Lipinski definition) is 3. The summed E-state index contributed by atoms with van der Waals surface area (Å²) in [7, 11) is 0. The molecule has 1 aliphatic heterocycles. The molecule has 0 aliphatic carbocycles. The van der Waals surface area contributed by atoms with Crippen molar-refractivity contribution < 1.29 is 0 Å². The van der Waals surface area contributed by atoms with E-state index in [0.29, 0.717) is 5.41 Å². The van der Waals surface area contributed by atoms with Crippen LogP contribution in [0.1, 0.15) is 26.7 Å². The summed E-state index contributed by atoms with van der Waals surface area (Å²) in [5.41, 5.74) is 9.80. The lowest BCUT2D eigenvalue weighted by molar-refractivity contribution is 0.280. The summed E-state index contributed by atoms with van der Waals surface area (Å²) in [4.78, 5) is 6.76. The van der Waals surface area contributed by atoms with Crippen LogP contribution in [0.3, 0.4) is 0 Å². The van der Waals surface area contributed by atoms with Gasteiger partial charge in [-0.2, -0.15) is 0 Å². The molecular weight excluding hydrogens is 234 g/mol. The monoisotopic (exact) mass is 255 g/mol. The van der Waals surface area contributed by atoms with E-state index in [1.165, 1.54) is 12.8 Å². The normalized spacial score (nSPS) is 18.7. The number of hydrogen-bond donors (Lipinski definition) is 1. The van der Waals surface area contributed by atoms with Crippen molar-refractivity contribution in [1.29, 1.82) is 0 Å². The fourth-order valence-corrected chi connectivity index (χ4v) is 2.79. The van der Waals surface area contributed by atoms with Crippen molar-refractivity contribution in [2.75, 3.05) is 23.7 Å². The maximum atomic E-state index is 6.34. The molecule has 3 rings (SSSR count). The zero-order chi connectivity index (χ0) is 13.5. The van der Waals surface area contributed by atoms with Gasteiger partial charge in [0.05, 0.1) is 16.9 Å². The third kappa shape index (κ3) is 2.25. The molecule has 2 heterocycles. The predicted molar refractivity (Wildman–Crippen MR) is 81.4 cm³/mol. The van der Waals surface area contributed by atoms with Crippen LogP contribution in [-0.2, 0) is 0 Å². The molecule has 100 valence electrons. The molecule has 3 nitrogen and oxygen atoms in total. The lowest BCUT2D eigenvalue weighted by Crippen LogP contribution is -2.37. The first-order valence-electron chi connectivity index (χ1n) is 6.95. The molecule has 0 unspecified atom stereocenters. The van der Waals surface area contributed by atoms with Gasteiger partial charge in [0.15, 0.2) is 0 Å². The standard InChI is InChI=1S/C16H21N3/c1-16(2)7-10-19(11-8-16)14-6-5-13-12(15(14)17)4-3-9-18-13/h3-6,9H,7-8,10-11,17H2,1-2H3. The maximum absolute atomic E-state index is 6.34. The Labute approximate surface area is 114 Å². The Morgan fingerprint density at radius 1 is 1.16 bits per heavy atom. The van der Waals surface area contributed by atoms with Gasteiger partial charge in [-0.15, -0.1) is 0 Å². The molecule has 0 saturated carbocycles. The van der Waals surface area contributed by atoms with Gasteiger partial charge >= 0.3 is 0 Å². The van der Waals surface area contributed by atoms with Crippen LogP contribution in [0, 0.1) is 5.41 Å². The number of nitrogen functional groups attached to an aromatic ring is 1. The molecule has 2 N–H and O–H groups in total. The molecule has 0 bridgehead atoms. The lowest BCUT2D eigenvalue weighted by Gasteiger charge is -2.38. The molecule has 0 amide bonds. The number of nitrogens with zero attached hydrogens (tertiary/aromatic N) is 2. The van der Waals surface area contributed by atoms with Crippen LogP contribution < -0.4 is 10.6 Å². The maximum Gasteiger partial charge on any atom is 0.0724 e. The van der Waals surface area contributed by atoms with E-state index in [9.17, 15) is 0 Å². The minimum atomic E-state index is 0.462. The van der Waals surface area contributed by atoms with Crippen molar-refractivity contribution in [3.05, 3.63) is 30.5 Å². The van der Waals surface area contributed by atoms with E-state index in [1.54, 1.807) is 0 Å². The summed E-state index contributed by atoms with van der Waals surface area (Å²) in [6.07, 6.45) is 4.25. The number of rotatable bonds is 1. The van der Waals surface area contributed by atoms with Crippen LogP contribution in [0.15, 0.2) is 30.5 Å². The second-order valence-electron chi connectivity index (χ2n) is 6.22. The summed E-state index contributed by atoms with van der Waals surface area (Å²) in [5, 5.41) is 1.06. The number of fused-ring (bicyclic) bond motifs is 1. The highest BCUT2D eigenvalue weighted by Gasteiger charge is 2.26. The van der Waals surface area contributed by atoms with Crippen LogP contribution in [0.4, 0.5) is 11.4 Å². The van der Waals surface area contributed by atoms with E-state index in [4.69, 9.17) is 5.73 Å². The van der Waals surface area contributed by atoms with Crippen LogP contribution in [-0.4, -0.2) is 18.1 Å². The number of piperidine rings is 1. The molecule has 2 aromatic rings. The van der Waals surface area contributed by atoms with E-state index >= 15 is 0 Å². The molecular formula is C16H21N3. The first-order chi connectivity index (χ1) is 9.07. The van der Waals surface area contributed by atoms with Gasteiger partial charge in [0, 0.05) is 24.7 Å². The summed E-state index contributed by atoms with van der Waals surface area (Å²) in [5.74, 6) is 0. The second kappa shape index (κ2) is 4.41. The van der Waals surface area contributed by atoms with Gasteiger partial charge in [0.25, 0.3) is 0 Å². The first kappa shape index (κ1) is 12.3. The third-order valence-corrected chi connectivity index (χ3v) is 4.26. The molecule has 19 heavy (non-hydrogen) atoms. The van der Waals surface area contributed by atoms with Crippen LogP contribution >= 0.6 is 0 Å². The van der Waals surface area contributed by atoms with E-state index in [2.05, 4.69) is 41.9 Å². The Morgan fingerprint density at radius 3 is 2.63 bits per heavy atom. The predicted octanol–water partition coefficient (Wildman–Crippen LogP) is 3.44. The lowest BCUT2D eigenvalue weighted by atomic mass is 9.82. The van der Waals surface area contributed by atoms with Crippen molar-refractivity contribution in [3.63, 3.8) is 0 Å². The van der Waals surface area contributed by atoms with Crippen molar-refractivity contribution in [2.45, 2.75) is 26.7 Å². The smallest absolute Gasteiger partial charge is 0.0724 e. The molecule has 1 aromatic heterocycles. The topological polar surface area (TPSA) is 42.2 Å². The second-order valence-corrected chi connectivity index (χ2v) is 6.22. The molecule has 1 aromatic carbocycles. The third-order valence-electron chi connectivity index (χ3n) is 4.26. The van der Waals surface area contributed by atoms with E-state index in [-0.39, 0.29) is 0 Å². The van der Waals surface area contributed by atoms with Gasteiger partial charge in [-0.3, -0.25) is 4.98 Å². The molecule has 1 fully saturated rings. The number of pyridine rings is 1. The Morgan fingerprint density at radius 2 is 1.89 bits per heavy atom. The first-order valence-corrected chi connectivity index (χ1v) is 6.95. The van der Waals surface area contributed by atoms with E-state index in [0.717, 1.165) is 35.4 Å². The summed E-state index contributed by atoms with van der Waals surface area (Å²) in [6.45, 7) is 6.86. The molecule has 0 radical (unpaired) electrons. The minimum absolute atomic E-state index is 0.462. The van der Waals surface area contributed by atoms with Gasteiger partial charge in [-0.1, -0.05) is 13.8 Å². The Bertz CT molecular complexity index is 594. The van der Waals surface area contributed by atoms with Gasteiger partial charge in [0.2, 0.25) is 0 Å². The number of anilines is 2. The fourth-order valence-electron chi connectivity index (χ4n) is 2.79. The molecule has 0 spiro atoms. The van der Waals surface area contributed by atoms with Crippen LogP contribution in [0.25, 0.3) is 10.9 Å². The van der Waals surface area contributed by atoms with Crippen molar-refractivity contribution >= 4 is 22.3 Å². The Kier molecular flexibility index (Phi) is 2.85. The summed E-state index contributed by atoms with van der Waals surface area (Å²) in [6, 6.07) is 8.18. The molecule has 1 aliphatic rings. The zero-order valence-corrected chi connectivity index (χ0v) is 11.7. The average Bonchev–Trinajstić information content (AvgIpc) is 2.40. The zero-order valence-electron chi connectivity index (χ0n) is 11.7. The highest BCUT2D eigenvalue weighted by Crippen LogP contribution is 2.36. The van der Waals surface area contributed by atoms with Crippen molar-refractivity contribution in [3.8, 4) is 0 Å². The minimum Gasteiger partial charge on any atom is -0.396 e. The Balaban J connectivity index is 1.96. The Hall–Kier alpha value is -1.77. The number of benzene rings is 1. The number of nitrogens with two attached hydrogens (primary N) is 1. The number of aromatic nitrogens is 1. The average molecular weight is 255 g/mol. The van der Waals surface area contributed by atoms with Gasteiger partial charge < -0.3 is 10.6 Å². The summed E-state index contributed by atoms with van der Waals surface area (Å²) < 4.78 is 0. The van der Waals surface area contributed by atoms with E-state index in [1.807, 2.05) is 12.3 Å². The quantitative estimate of drug-likeness (QED) is 0.794. The van der Waals surface area contributed by atoms with Crippen LogP contribution in [0.2, 0.25) is 0 Å². The van der Waals surface area contributed by atoms with Crippen molar-refractivity contribution in [2.24, 2.45) is 5.41 Å². The molecule has 1 saturated heterocycles. The van der Waals surface area contributed by atoms with Gasteiger partial charge in [-0.25, -0.2) is 0 Å². The highest BCUT2D eigenvalue weighted by atomic mass is 15.1. The van der Waals surface area contributed by atoms with Crippen molar-refractivity contribution in [1.82, 2.24) is 4.98 Å². The molecule has 0 atom stereocenters. The summed E-state index contributed by atoms with van der Waals surface area (Å²) >= 11 is 0. The van der Waals surface area contributed by atoms with Gasteiger partial charge in [-0.05, 0) is 42.5 Å². The fraction of sp³-hybridized carbons (Fsp3) is 0.438. The van der Waals surface area contributed by atoms with E-state index < -0.39 is 0 Å². The van der Waals surface area contributed by atoms with Crippen LogP contribution in [0.5, 0.6) is 0 Å². The highest BCUT2D eigenvalue weighted by molar-refractivity contribution is 5.97. The van der Waals surface area contributed by atoms with Gasteiger partial charge in [0.1, 0.15) is 0 Å².